The lowest BCUT2D eigenvalue weighted by Gasteiger charge is -2.33. The summed E-state index contributed by atoms with van der Waals surface area (Å²) in [7, 11) is 0. The van der Waals surface area contributed by atoms with Gasteiger partial charge in [0, 0.05) is 19.5 Å². The average Bonchev–Trinajstić information content (AvgIpc) is 3.52. The summed E-state index contributed by atoms with van der Waals surface area (Å²) in [5.41, 5.74) is 0.399. The fourth-order valence-corrected chi connectivity index (χ4v) is 5.02. The van der Waals surface area contributed by atoms with E-state index in [4.69, 9.17) is 14.3 Å². The molecule has 2 atom stereocenters. The first kappa shape index (κ1) is 23.5. The van der Waals surface area contributed by atoms with Crippen LogP contribution in [0.2, 0.25) is 0 Å². The number of hydrogen-bond acceptors (Lipinski definition) is 7. The molecular weight excluding hydrogens is 440 g/mol. The molecule has 178 valence electrons. The van der Waals surface area contributed by atoms with Crippen LogP contribution >= 0.6 is 11.3 Å². The van der Waals surface area contributed by atoms with Gasteiger partial charge in [0.05, 0.1) is 23.4 Å². The molecule has 33 heavy (non-hydrogen) atoms. The predicted molar refractivity (Wildman–Crippen MR) is 127 cm³/mol. The highest BCUT2D eigenvalue weighted by Crippen LogP contribution is 2.34. The molecule has 0 spiro atoms. The topological polar surface area (TPSA) is 87.4 Å². The normalized spacial score (nSPS) is 21.7. The number of rotatable bonds is 6. The number of piperidine rings is 1. The molecule has 4 rings (SSSR count). The van der Waals surface area contributed by atoms with E-state index in [1.54, 1.807) is 22.6 Å². The Hall–Kier alpha value is -2.65. The van der Waals surface area contributed by atoms with Gasteiger partial charge < -0.3 is 14.5 Å². The number of furan rings is 1. The maximum atomic E-state index is 13.3. The van der Waals surface area contributed by atoms with Gasteiger partial charge in [0.15, 0.2) is 0 Å². The first-order valence-corrected chi connectivity index (χ1v) is 12.3. The van der Waals surface area contributed by atoms with Crippen LogP contribution in [0.25, 0.3) is 0 Å². The lowest BCUT2D eigenvalue weighted by atomic mass is 9.98. The van der Waals surface area contributed by atoms with Gasteiger partial charge in [0.2, 0.25) is 0 Å². The van der Waals surface area contributed by atoms with E-state index in [1.807, 2.05) is 50.4 Å². The van der Waals surface area contributed by atoms with E-state index in [0.29, 0.717) is 19.5 Å². The second-order valence-electron chi connectivity index (χ2n) is 9.62. The van der Waals surface area contributed by atoms with Crippen molar-refractivity contribution in [2.45, 2.75) is 51.7 Å². The van der Waals surface area contributed by atoms with Crippen molar-refractivity contribution in [2.24, 2.45) is 11.0 Å². The molecule has 2 aliphatic heterocycles. The zero-order valence-electron chi connectivity index (χ0n) is 19.5. The van der Waals surface area contributed by atoms with Crippen molar-refractivity contribution in [2.75, 3.05) is 26.2 Å². The number of carbonyl (C=O) groups excluding carboxylic acids is 2. The average molecular weight is 473 g/mol. The van der Waals surface area contributed by atoms with Crippen molar-refractivity contribution < 1.29 is 18.7 Å². The minimum atomic E-state index is -0.516. The van der Waals surface area contributed by atoms with Gasteiger partial charge in [-0.2, -0.15) is 5.10 Å². The molecule has 0 aliphatic carbocycles. The second-order valence-corrected chi connectivity index (χ2v) is 10.6. The Morgan fingerprint density at radius 2 is 2.15 bits per heavy atom. The van der Waals surface area contributed by atoms with Crippen molar-refractivity contribution in [3.05, 3.63) is 46.5 Å². The quantitative estimate of drug-likeness (QED) is 0.679. The number of likely N-dealkylation sites (tertiary alicyclic amines) is 1. The van der Waals surface area contributed by atoms with Gasteiger partial charge in [0.1, 0.15) is 17.4 Å². The molecule has 0 bridgehead atoms. The second kappa shape index (κ2) is 10.1. The number of carbonyl (C=O) groups is 2. The van der Waals surface area contributed by atoms with Crippen molar-refractivity contribution in [1.82, 2.24) is 15.2 Å². The highest BCUT2D eigenvalue weighted by molar-refractivity contribution is 7.12. The van der Waals surface area contributed by atoms with Crippen LogP contribution in [-0.4, -0.2) is 59.4 Å². The number of thiophene rings is 1. The number of nitrogens with one attached hydrogen (secondary N) is 1. The van der Waals surface area contributed by atoms with Gasteiger partial charge in [-0.15, -0.1) is 11.3 Å². The monoisotopic (exact) mass is 472 g/mol. The van der Waals surface area contributed by atoms with Crippen LogP contribution in [0.1, 0.15) is 56.7 Å². The van der Waals surface area contributed by atoms with E-state index < -0.39 is 11.7 Å². The molecule has 1 N–H and O–H groups in total. The molecular formula is C24H32N4O4S. The van der Waals surface area contributed by atoms with Crippen molar-refractivity contribution >= 4 is 29.0 Å². The Morgan fingerprint density at radius 1 is 1.30 bits per heavy atom. The molecule has 2 unspecified atom stereocenters. The fourth-order valence-electron chi connectivity index (χ4n) is 4.30. The summed E-state index contributed by atoms with van der Waals surface area (Å²) < 4.78 is 11.0. The lowest BCUT2D eigenvalue weighted by Crippen LogP contribution is -2.45. The van der Waals surface area contributed by atoms with Crippen LogP contribution in [0, 0.1) is 5.92 Å². The molecule has 2 aliphatic rings. The zero-order valence-corrected chi connectivity index (χ0v) is 20.3. The third-order valence-electron chi connectivity index (χ3n) is 5.74. The Morgan fingerprint density at radius 3 is 2.85 bits per heavy atom. The Kier molecular flexibility index (Phi) is 7.19. The Balaban J connectivity index is 1.36. The highest BCUT2D eigenvalue weighted by atomic mass is 32.1. The molecule has 0 aromatic carbocycles. The number of hydrazone groups is 1. The number of nitrogens with zero attached hydrogens (tertiary/aromatic N) is 3. The third kappa shape index (κ3) is 6.23. The van der Waals surface area contributed by atoms with Crippen LogP contribution in [0.4, 0.5) is 4.79 Å². The minimum Gasteiger partial charge on any atom is -0.467 e. The van der Waals surface area contributed by atoms with Gasteiger partial charge in [-0.3, -0.25) is 9.69 Å². The molecule has 2 aromatic rings. The summed E-state index contributed by atoms with van der Waals surface area (Å²) in [6.07, 6.45) is 3.87. The van der Waals surface area contributed by atoms with E-state index in [0.717, 1.165) is 42.3 Å². The molecule has 0 radical (unpaired) electrons. The van der Waals surface area contributed by atoms with Gasteiger partial charge in [0.25, 0.3) is 5.91 Å². The van der Waals surface area contributed by atoms with Gasteiger partial charge in [-0.05, 0) is 69.7 Å². The van der Waals surface area contributed by atoms with Gasteiger partial charge >= 0.3 is 6.09 Å². The molecule has 0 saturated carbocycles. The summed E-state index contributed by atoms with van der Waals surface area (Å²) in [5.74, 6) is 0.990. The van der Waals surface area contributed by atoms with E-state index in [1.165, 1.54) is 0 Å². The number of amides is 2. The third-order valence-corrected chi connectivity index (χ3v) is 6.66. The first-order chi connectivity index (χ1) is 15.8. The van der Waals surface area contributed by atoms with Crippen molar-refractivity contribution in [3.63, 3.8) is 0 Å². The molecule has 9 heteroatoms. The zero-order chi connectivity index (χ0) is 23.4. The van der Waals surface area contributed by atoms with E-state index in [-0.39, 0.29) is 17.9 Å². The minimum absolute atomic E-state index is 0.0382. The van der Waals surface area contributed by atoms with Gasteiger partial charge in [-0.25, -0.2) is 9.80 Å². The number of hydrogen-bond donors (Lipinski definition) is 1. The van der Waals surface area contributed by atoms with Gasteiger partial charge in [-0.1, -0.05) is 6.07 Å². The fraction of sp³-hybridized carbons (Fsp3) is 0.542. The summed E-state index contributed by atoms with van der Waals surface area (Å²) >= 11 is 1.63. The summed E-state index contributed by atoms with van der Waals surface area (Å²) in [5, 5.41) is 11.2. The molecule has 1 saturated heterocycles. The smallest absolute Gasteiger partial charge is 0.407 e. The van der Waals surface area contributed by atoms with Crippen LogP contribution < -0.4 is 5.32 Å². The molecule has 1 fully saturated rings. The molecule has 2 amide bonds. The summed E-state index contributed by atoms with van der Waals surface area (Å²) in [6, 6.07) is 7.54. The summed E-state index contributed by atoms with van der Waals surface area (Å²) in [4.78, 5) is 28.5. The Bertz CT molecular complexity index is 965. The Labute approximate surface area is 198 Å². The molecule has 4 heterocycles. The van der Waals surface area contributed by atoms with Crippen LogP contribution in [0.5, 0.6) is 0 Å². The standard InChI is InChI=1S/C24H32N4O4S/c1-24(2,3)32-23(30)25-14-17-7-4-10-27(15-17)16-22(29)28-19(20-8-5-11-31-20)13-18(26-28)21-9-6-12-33-21/h5-6,8-9,11-12,17,19H,4,7,10,13-16H2,1-3H3,(H,25,30). The number of ether oxygens (including phenoxy) is 1. The molecule has 2 aromatic heterocycles. The van der Waals surface area contributed by atoms with Crippen LogP contribution in [0.15, 0.2) is 45.4 Å². The molecule has 8 nitrogen and oxygen atoms in total. The van der Waals surface area contributed by atoms with E-state index in [9.17, 15) is 9.59 Å². The predicted octanol–water partition coefficient (Wildman–Crippen LogP) is 4.26. The first-order valence-electron chi connectivity index (χ1n) is 11.4. The van der Waals surface area contributed by atoms with Crippen molar-refractivity contribution in [1.29, 1.82) is 0 Å². The van der Waals surface area contributed by atoms with E-state index in [2.05, 4.69) is 10.2 Å². The largest absolute Gasteiger partial charge is 0.467 e. The number of alkyl carbamates (subject to hydrolysis) is 1. The maximum Gasteiger partial charge on any atom is 0.407 e. The van der Waals surface area contributed by atoms with E-state index >= 15 is 0 Å². The van der Waals surface area contributed by atoms with Crippen LogP contribution in [-0.2, 0) is 9.53 Å². The maximum absolute atomic E-state index is 13.3. The highest BCUT2D eigenvalue weighted by Gasteiger charge is 2.36. The van der Waals surface area contributed by atoms with Crippen LogP contribution in [0.3, 0.4) is 0 Å². The lowest BCUT2D eigenvalue weighted by molar-refractivity contribution is -0.135. The SMILES string of the molecule is CC(C)(C)OC(=O)NCC1CCCN(CC(=O)N2N=C(c3cccs3)CC2c2ccco2)C1. The van der Waals surface area contributed by atoms with Crippen molar-refractivity contribution in [3.8, 4) is 0 Å². The summed E-state index contributed by atoms with van der Waals surface area (Å²) in [6.45, 7) is 7.99.